The molecule has 0 saturated heterocycles. The third kappa shape index (κ3) is 5.47. The first kappa shape index (κ1) is 13.7. The van der Waals surface area contributed by atoms with Crippen LogP contribution >= 0.6 is 0 Å². The van der Waals surface area contributed by atoms with Crippen LogP contribution < -0.4 is 5.32 Å². The van der Waals surface area contributed by atoms with Crippen LogP contribution in [-0.4, -0.2) is 38.2 Å². The number of carbonyl (C=O) groups excluding carboxylic acids is 1. The predicted molar refractivity (Wildman–Crippen MR) is 67.4 cm³/mol. The molecular formula is C13H20N2O2. The molecule has 94 valence electrons. The average molecular weight is 236 g/mol. The van der Waals surface area contributed by atoms with Crippen LogP contribution in [0.1, 0.15) is 12.0 Å². The Morgan fingerprint density at radius 2 is 2.00 bits per heavy atom. The molecule has 0 radical (unpaired) electrons. The van der Waals surface area contributed by atoms with Gasteiger partial charge in [-0.2, -0.15) is 0 Å². The number of hydroxylamine groups is 2. The molecule has 0 spiro atoms. The highest BCUT2D eigenvalue weighted by Gasteiger charge is 2.06. The molecular weight excluding hydrogens is 216 g/mol. The number of carbonyl (C=O) groups is 1. The molecule has 0 aliphatic carbocycles. The summed E-state index contributed by atoms with van der Waals surface area (Å²) in [5.74, 6) is -0.0142. The van der Waals surface area contributed by atoms with Crippen molar-refractivity contribution in [3.8, 4) is 0 Å². The minimum atomic E-state index is -0.0142. The van der Waals surface area contributed by atoms with Crippen LogP contribution in [0.2, 0.25) is 0 Å². The van der Waals surface area contributed by atoms with Gasteiger partial charge >= 0.3 is 0 Å². The van der Waals surface area contributed by atoms with Crippen molar-refractivity contribution in [1.29, 1.82) is 0 Å². The first-order valence-corrected chi connectivity index (χ1v) is 5.79. The Hall–Kier alpha value is -1.39. The van der Waals surface area contributed by atoms with Crippen LogP contribution in [0.4, 0.5) is 0 Å². The molecule has 0 atom stereocenters. The van der Waals surface area contributed by atoms with E-state index in [4.69, 9.17) is 4.84 Å². The first-order chi connectivity index (χ1) is 8.24. The summed E-state index contributed by atoms with van der Waals surface area (Å²) in [6, 6.07) is 10.3. The Labute approximate surface area is 103 Å². The SMILES string of the molecule is CON(C)C(=O)CCNCCc1ccccc1. The third-order valence-corrected chi connectivity index (χ3v) is 2.57. The predicted octanol–water partition coefficient (Wildman–Crippen LogP) is 1.23. The summed E-state index contributed by atoms with van der Waals surface area (Å²) in [6.45, 7) is 1.56. The van der Waals surface area contributed by atoms with Gasteiger partial charge in [-0.15, -0.1) is 0 Å². The van der Waals surface area contributed by atoms with Gasteiger partial charge in [-0.05, 0) is 18.5 Å². The first-order valence-electron chi connectivity index (χ1n) is 5.79. The molecule has 1 rings (SSSR count). The largest absolute Gasteiger partial charge is 0.316 e. The van der Waals surface area contributed by atoms with Crippen molar-refractivity contribution in [2.75, 3.05) is 27.2 Å². The monoisotopic (exact) mass is 236 g/mol. The van der Waals surface area contributed by atoms with Gasteiger partial charge in [-0.1, -0.05) is 30.3 Å². The minimum absolute atomic E-state index is 0.0142. The molecule has 1 aromatic carbocycles. The second-order valence-electron chi connectivity index (χ2n) is 3.81. The molecule has 4 nitrogen and oxygen atoms in total. The second-order valence-corrected chi connectivity index (χ2v) is 3.81. The van der Waals surface area contributed by atoms with Gasteiger partial charge < -0.3 is 5.32 Å². The van der Waals surface area contributed by atoms with E-state index in [1.54, 1.807) is 7.05 Å². The maximum absolute atomic E-state index is 11.4. The zero-order valence-electron chi connectivity index (χ0n) is 10.5. The molecule has 0 aliphatic heterocycles. The number of nitrogens with one attached hydrogen (secondary N) is 1. The lowest BCUT2D eigenvalue weighted by Crippen LogP contribution is -2.29. The van der Waals surface area contributed by atoms with Gasteiger partial charge in [0.25, 0.3) is 0 Å². The van der Waals surface area contributed by atoms with E-state index in [1.807, 2.05) is 18.2 Å². The maximum atomic E-state index is 11.4. The van der Waals surface area contributed by atoms with Crippen molar-refractivity contribution in [3.05, 3.63) is 35.9 Å². The molecule has 0 aromatic heterocycles. The molecule has 17 heavy (non-hydrogen) atoms. The fourth-order valence-electron chi connectivity index (χ4n) is 1.46. The smallest absolute Gasteiger partial charge is 0.247 e. The topological polar surface area (TPSA) is 41.6 Å². The average Bonchev–Trinajstić information content (AvgIpc) is 2.38. The second kappa shape index (κ2) is 7.81. The number of hydrogen-bond acceptors (Lipinski definition) is 3. The van der Waals surface area contributed by atoms with Crippen LogP contribution in [-0.2, 0) is 16.1 Å². The van der Waals surface area contributed by atoms with Gasteiger partial charge in [0.15, 0.2) is 0 Å². The summed E-state index contributed by atoms with van der Waals surface area (Å²) in [4.78, 5) is 16.2. The number of nitrogens with zero attached hydrogens (tertiary/aromatic N) is 1. The van der Waals surface area contributed by atoms with Gasteiger partial charge in [0.2, 0.25) is 5.91 Å². The Bertz CT molecular complexity index is 327. The lowest BCUT2D eigenvalue weighted by Gasteiger charge is -2.13. The number of hydrogen-bond donors (Lipinski definition) is 1. The fourth-order valence-corrected chi connectivity index (χ4v) is 1.46. The molecule has 1 N–H and O–H groups in total. The summed E-state index contributed by atoms with van der Waals surface area (Å²) >= 11 is 0. The van der Waals surface area contributed by atoms with Crippen molar-refractivity contribution in [2.45, 2.75) is 12.8 Å². The van der Waals surface area contributed by atoms with E-state index >= 15 is 0 Å². The highest BCUT2D eigenvalue weighted by atomic mass is 16.7. The molecule has 1 aromatic rings. The van der Waals surface area contributed by atoms with E-state index in [2.05, 4.69) is 17.4 Å². The lowest BCUT2D eigenvalue weighted by atomic mass is 10.1. The molecule has 4 heteroatoms. The van der Waals surface area contributed by atoms with Crippen LogP contribution in [0.5, 0.6) is 0 Å². The van der Waals surface area contributed by atoms with E-state index < -0.39 is 0 Å². The zero-order chi connectivity index (χ0) is 12.5. The summed E-state index contributed by atoms with van der Waals surface area (Å²) in [6.07, 6.45) is 1.44. The summed E-state index contributed by atoms with van der Waals surface area (Å²) in [5.41, 5.74) is 1.31. The Morgan fingerprint density at radius 3 is 2.65 bits per heavy atom. The molecule has 0 heterocycles. The van der Waals surface area contributed by atoms with Gasteiger partial charge in [-0.25, -0.2) is 5.06 Å². The van der Waals surface area contributed by atoms with E-state index in [-0.39, 0.29) is 5.91 Å². The Balaban J connectivity index is 2.07. The number of rotatable bonds is 7. The van der Waals surface area contributed by atoms with E-state index in [9.17, 15) is 4.79 Å². The van der Waals surface area contributed by atoms with Crippen molar-refractivity contribution >= 4 is 5.91 Å². The summed E-state index contributed by atoms with van der Waals surface area (Å²) in [5, 5.41) is 4.49. The Kier molecular flexibility index (Phi) is 6.29. The molecule has 1 amide bonds. The van der Waals surface area contributed by atoms with Crippen LogP contribution in [0.3, 0.4) is 0 Å². The highest BCUT2D eigenvalue weighted by molar-refractivity contribution is 5.74. The van der Waals surface area contributed by atoms with Crippen LogP contribution in [0.25, 0.3) is 0 Å². The van der Waals surface area contributed by atoms with Crippen molar-refractivity contribution in [2.24, 2.45) is 0 Å². The fraction of sp³-hybridized carbons (Fsp3) is 0.462. The van der Waals surface area contributed by atoms with Crippen molar-refractivity contribution in [3.63, 3.8) is 0 Å². The normalized spacial score (nSPS) is 10.2. The molecule has 0 saturated carbocycles. The summed E-state index contributed by atoms with van der Waals surface area (Å²) in [7, 11) is 3.10. The number of benzene rings is 1. The highest BCUT2D eigenvalue weighted by Crippen LogP contribution is 1.98. The zero-order valence-corrected chi connectivity index (χ0v) is 10.5. The maximum Gasteiger partial charge on any atom is 0.247 e. The summed E-state index contributed by atoms with van der Waals surface area (Å²) < 4.78 is 0. The van der Waals surface area contributed by atoms with Gasteiger partial charge in [0, 0.05) is 20.0 Å². The molecule has 0 bridgehead atoms. The van der Waals surface area contributed by atoms with Crippen LogP contribution in [0, 0.1) is 0 Å². The quantitative estimate of drug-likeness (QED) is 0.572. The van der Waals surface area contributed by atoms with Crippen molar-refractivity contribution < 1.29 is 9.63 Å². The molecule has 0 fully saturated rings. The van der Waals surface area contributed by atoms with Crippen molar-refractivity contribution in [1.82, 2.24) is 10.4 Å². The van der Waals surface area contributed by atoms with E-state index in [0.29, 0.717) is 13.0 Å². The molecule has 0 aliphatic rings. The third-order valence-electron chi connectivity index (χ3n) is 2.57. The lowest BCUT2D eigenvalue weighted by molar-refractivity contribution is -0.168. The van der Waals surface area contributed by atoms with Gasteiger partial charge in [0.05, 0.1) is 7.11 Å². The minimum Gasteiger partial charge on any atom is -0.316 e. The molecule has 0 unspecified atom stereocenters. The number of amides is 1. The van der Waals surface area contributed by atoms with Gasteiger partial charge in [-0.3, -0.25) is 9.63 Å². The Morgan fingerprint density at radius 1 is 1.29 bits per heavy atom. The van der Waals surface area contributed by atoms with E-state index in [1.165, 1.54) is 17.7 Å². The van der Waals surface area contributed by atoms with Gasteiger partial charge in [0.1, 0.15) is 0 Å². The van der Waals surface area contributed by atoms with Crippen LogP contribution in [0.15, 0.2) is 30.3 Å². The van der Waals surface area contributed by atoms with E-state index in [0.717, 1.165) is 13.0 Å². The standard InChI is InChI=1S/C13H20N2O2/c1-15(17-2)13(16)9-11-14-10-8-12-6-4-3-5-7-12/h3-7,14H,8-11H2,1-2H3.